The Labute approximate surface area is 120 Å². The third-order valence-electron chi connectivity index (χ3n) is 2.53. The van der Waals surface area contributed by atoms with E-state index in [0.717, 1.165) is 23.3 Å². The number of nitrogens with one attached hydrogen (secondary N) is 1. The van der Waals surface area contributed by atoms with E-state index in [4.69, 9.17) is 4.74 Å². The van der Waals surface area contributed by atoms with Gasteiger partial charge in [-0.1, -0.05) is 25.1 Å². The van der Waals surface area contributed by atoms with Gasteiger partial charge in [0.25, 0.3) is 0 Å². The molecule has 1 aromatic carbocycles. The maximum absolute atomic E-state index is 5.88. The Morgan fingerprint density at radius 2 is 2.17 bits per heavy atom. The number of hydrogen-bond acceptors (Lipinski definition) is 3. The molecule has 0 saturated carbocycles. The first-order chi connectivity index (χ1) is 8.79. The fourth-order valence-electron chi connectivity index (χ4n) is 1.63. The molecule has 0 radical (unpaired) electrons. The summed E-state index contributed by atoms with van der Waals surface area (Å²) in [5, 5.41) is 5.40. The van der Waals surface area contributed by atoms with Gasteiger partial charge in [-0.05, 0) is 34.6 Å². The van der Waals surface area contributed by atoms with E-state index in [9.17, 15) is 0 Å². The van der Waals surface area contributed by atoms with E-state index in [1.54, 1.807) is 11.3 Å². The Hall–Kier alpha value is -0.840. The van der Waals surface area contributed by atoms with Crippen molar-refractivity contribution in [2.45, 2.75) is 20.1 Å². The van der Waals surface area contributed by atoms with Crippen molar-refractivity contribution in [1.29, 1.82) is 0 Å². The summed E-state index contributed by atoms with van der Waals surface area (Å²) in [7, 11) is 0. The second-order valence-electron chi connectivity index (χ2n) is 3.91. The van der Waals surface area contributed by atoms with Crippen LogP contribution < -0.4 is 10.1 Å². The molecular formula is C14H16BrNOS. The molecular weight excluding hydrogens is 310 g/mol. The van der Waals surface area contributed by atoms with Crippen molar-refractivity contribution in [1.82, 2.24) is 5.32 Å². The quantitative estimate of drug-likeness (QED) is 0.859. The monoisotopic (exact) mass is 325 g/mol. The minimum absolute atomic E-state index is 0.624. The van der Waals surface area contributed by atoms with Crippen molar-refractivity contribution in [2.75, 3.05) is 6.54 Å². The number of thiophene rings is 1. The molecule has 0 aliphatic rings. The smallest absolute Gasteiger partial charge is 0.124 e. The first-order valence-corrected chi connectivity index (χ1v) is 7.61. The zero-order chi connectivity index (χ0) is 12.8. The highest BCUT2D eigenvalue weighted by molar-refractivity contribution is 9.10. The van der Waals surface area contributed by atoms with Gasteiger partial charge in [0, 0.05) is 26.8 Å². The van der Waals surface area contributed by atoms with Gasteiger partial charge in [-0.25, -0.2) is 0 Å². The van der Waals surface area contributed by atoms with Gasteiger partial charge in [-0.15, -0.1) is 11.3 Å². The third-order valence-corrected chi connectivity index (χ3v) is 4.20. The molecule has 4 heteroatoms. The number of benzene rings is 1. The van der Waals surface area contributed by atoms with Gasteiger partial charge in [0.2, 0.25) is 0 Å². The van der Waals surface area contributed by atoms with Gasteiger partial charge in [0.05, 0.1) is 0 Å². The van der Waals surface area contributed by atoms with Crippen LogP contribution in [-0.2, 0) is 13.2 Å². The highest BCUT2D eigenvalue weighted by Gasteiger charge is 2.04. The molecule has 1 heterocycles. The zero-order valence-electron chi connectivity index (χ0n) is 10.3. The van der Waals surface area contributed by atoms with E-state index < -0.39 is 0 Å². The summed E-state index contributed by atoms with van der Waals surface area (Å²) in [6, 6.07) is 10.3. The molecule has 0 saturated heterocycles. The van der Waals surface area contributed by atoms with Crippen LogP contribution in [0.1, 0.15) is 17.4 Å². The molecule has 18 heavy (non-hydrogen) atoms. The van der Waals surface area contributed by atoms with Gasteiger partial charge >= 0.3 is 0 Å². The molecule has 1 aromatic heterocycles. The topological polar surface area (TPSA) is 21.3 Å². The third kappa shape index (κ3) is 3.83. The van der Waals surface area contributed by atoms with Crippen molar-refractivity contribution in [3.63, 3.8) is 0 Å². The normalized spacial score (nSPS) is 10.6. The van der Waals surface area contributed by atoms with Crippen molar-refractivity contribution < 1.29 is 4.74 Å². The van der Waals surface area contributed by atoms with Gasteiger partial charge in [0.1, 0.15) is 12.4 Å². The lowest BCUT2D eigenvalue weighted by Gasteiger charge is -2.10. The Balaban J connectivity index is 1.99. The summed E-state index contributed by atoms with van der Waals surface area (Å²) in [5.41, 5.74) is 1.20. The molecule has 0 bridgehead atoms. The predicted octanol–water partition coefficient (Wildman–Crippen LogP) is 4.20. The largest absolute Gasteiger partial charge is 0.488 e. The highest BCUT2D eigenvalue weighted by Crippen LogP contribution is 2.23. The van der Waals surface area contributed by atoms with E-state index in [2.05, 4.69) is 45.7 Å². The van der Waals surface area contributed by atoms with Crippen LogP contribution in [0.25, 0.3) is 0 Å². The SMILES string of the molecule is CCNCc1ccccc1OCc1cc(Br)cs1. The van der Waals surface area contributed by atoms with E-state index in [1.165, 1.54) is 10.4 Å². The Bertz CT molecular complexity index is 498. The summed E-state index contributed by atoms with van der Waals surface area (Å²) in [5.74, 6) is 0.961. The van der Waals surface area contributed by atoms with Crippen molar-refractivity contribution in [3.8, 4) is 5.75 Å². The second kappa shape index (κ2) is 6.92. The number of ether oxygens (including phenoxy) is 1. The van der Waals surface area contributed by atoms with E-state index >= 15 is 0 Å². The Morgan fingerprint density at radius 1 is 1.33 bits per heavy atom. The van der Waals surface area contributed by atoms with Crippen LogP contribution in [0.3, 0.4) is 0 Å². The fourth-order valence-corrected chi connectivity index (χ4v) is 2.99. The van der Waals surface area contributed by atoms with E-state index in [1.807, 2.05) is 18.2 Å². The standard InChI is InChI=1S/C14H16BrNOS/c1-2-16-8-11-5-3-4-6-14(11)17-9-13-7-12(15)10-18-13/h3-7,10,16H,2,8-9H2,1H3. The second-order valence-corrected chi connectivity index (χ2v) is 5.82. The summed E-state index contributed by atoms with van der Waals surface area (Å²) in [6.45, 7) is 4.54. The van der Waals surface area contributed by atoms with Crippen LogP contribution in [-0.4, -0.2) is 6.54 Å². The number of para-hydroxylation sites is 1. The average molecular weight is 326 g/mol. The average Bonchev–Trinajstić information content (AvgIpc) is 2.81. The van der Waals surface area contributed by atoms with Crippen molar-refractivity contribution in [3.05, 3.63) is 50.6 Å². The van der Waals surface area contributed by atoms with E-state index in [-0.39, 0.29) is 0 Å². The van der Waals surface area contributed by atoms with Crippen LogP contribution in [0.2, 0.25) is 0 Å². The summed E-state index contributed by atoms with van der Waals surface area (Å²) >= 11 is 5.16. The number of halogens is 1. The lowest BCUT2D eigenvalue weighted by Crippen LogP contribution is -2.12. The van der Waals surface area contributed by atoms with Crippen LogP contribution in [0.5, 0.6) is 5.75 Å². The van der Waals surface area contributed by atoms with Crippen molar-refractivity contribution in [2.24, 2.45) is 0 Å². The molecule has 0 atom stereocenters. The molecule has 0 unspecified atom stereocenters. The molecule has 2 rings (SSSR count). The zero-order valence-corrected chi connectivity index (χ0v) is 12.7. The lowest BCUT2D eigenvalue weighted by atomic mass is 10.2. The molecule has 0 aliphatic carbocycles. The van der Waals surface area contributed by atoms with Crippen LogP contribution in [0, 0.1) is 0 Å². The maximum atomic E-state index is 5.88. The molecule has 0 amide bonds. The number of hydrogen-bond donors (Lipinski definition) is 1. The Morgan fingerprint density at radius 3 is 2.89 bits per heavy atom. The number of rotatable bonds is 6. The van der Waals surface area contributed by atoms with Crippen LogP contribution in [0.15, 0.2) is 40.2 Å². The van der Waals surface area contributed by atoms with E-state index in [0.29, 0.717) is 6.61 Å². The Kier molecular flexibility index (Phi) is 5.23. The molecule has 0 aliphatic heterocycles. The molecule has 2 nitrogen and oxygen atoms in total. The maximum Gasteiger partial charge on any atom is 0.124 e. The minimum atomic E-state index is 0.624. The molecule has 0 fully saturated rings. The van der Waals surface area contributed by atoms with Gasteiger partial charge < -0.3 is 10.1 Å². The minimum Gasteiger partial charge on any atom is -0.488 e. The highest BCUT2D eigenvalue weighted by atomic mass is 79.9. The lowest BCUT2D eigenvalue weighted by molar-refractivity contribution is 0.305. The van der Waals surface area contributed by atoms with Gasteiger partial charge in [0.15, 0.2) is 0 Å². The molecule has 96 valence electrons. The van der Waals surface area contributed by atoms with Gasteiger partial charge in [-0.2, -0.15) is 0 Å². The summed E-state index contributed by atoms with van der Waals surface area (Å²) in [6.07, 6.45) is 0. The first-order valence-electron chi connectivity index (χ1n) is 5.94. The summed E-state index contributed by atoms with van der Waals surface area (Å²) in [4.78, 5) is 1.22. The van der Waals surface area contributed by atoms with Crippen LogP contribution >= 0.6 is 27.3 Å². The summed E-state index contributed by atoms with van der Waals surface area (Å²) < 4.78 is 7.00. The van der Waals surface area contributed by atoms with Crippen molar-refractivity contribution >= 4 is 27.3 Å². The van der Waals surface area contributed by atoms with Crippen LogP contribution in [0.4, 0.5) is 0 Å². The first kappa shape index (κ1) is 13.6. The fraction of sp³-hybridized carbons (Fsp3) is 0.286. The molecule has 0 spiro atoms. The molecule has 2 aromatic rings. The molecule has 1 N–H and O–H groups in total. The predicted molar refractivity (Wildman–Crippen MR) is 80.2 cm³/mol. The van der Waals surface area contributed by atoms with Gasteiger partial charge in [-0.3, -0.25) is 0 Å².